The lowest BCUT2D eigenvalue weighted by atomic mass is 10.2. The van der Waals surface area contributed by atoms with Crippen molar-refractivity contribution >= 4 is 23.2 Å². The maximum absolute atomic E-state index is 6.21. The van der Waals surface area contributed by atoms with Gasteiger partial charge in [0.2, 0.25) is 0 Å². The van der Waals surface area contributed by atoms with Crippen LogP contribution in [0, 0.1) is 0 Å². The van der Waals surface area contributed by atoms with Crippen molar-refractivity contribution < 1.29 is 0 Å². The van der Waals surface area contributed by atoms with Crippen molar-refractivity contribution in [3.63, 3.8) is 0 Å². The van der Waals surface area contributed by atoms with Crippen LogP contribution in [0.25, 0.3) is 0 Å². The highest BCUT2D eigenvalue weighted by Gasteiger charge is 2.09. The number of aryl methyl sites for hydroxylation is 2. The number of benzene rings is 1. The van der Waals surface area contributed by atoms with E-state index in [-0.39, 0.29) is 0 Å². The standard InChI is InChI=1S/C14H16Cl2N2/c1-3-11-8-12(4-2)18(17-11)9-10-6-5-7-13(15)14(10)16/h5-8H,3-4,9H2,1-2H3. The van der Waals surface area contributed by atoms with E-state index in [1.54, 1.807) is 6.07 Å². The summed E-state index contributed by atoms with van der Waals surface area (Å²) < 4.78 is 2.01. The molecule has 0 aliphatic carbocycles. The number of rotatable bonds is 4. The fourth-order valence-electron chi connectivity index (χ4n) is 1.94. The maximum atomic E-state index is 6.21. The van der Waals surface area contributed by atoms with Crippen molar-refractivity contribution in [3.05, 3.63) is 51.3 Å². The Kier molecular flexibility index (Phi) is 4.31. The van der Waals surface area contributed by atoms with Gasteiger partial charge in [0.15, 0.2) is 0 Å². The number of hydrogen-bond acceptors (Lipinski definition) is 1. The second-order valence-corrected chi connectivity index (χ2v) is 4.99. The highest BCUT2D eigenvalue weighted by atomic mass is 35.5. The lowest BCUT2D eigenvalue weighted by Gasteiger charge is -2.08. The summed E-state index contributed by atoms with van der Waals surface area (Å²) in [6.45, 7) is 4.91. The van der Waals surface area contributed by atoms with Gasteiger partial charge in [0, 0.05) is 5.69 Å². The molecular weight excluding hydrogens is 267 g/mol. The summed E-state index contributed by atoms with van der Waals surface area (Å²) >= 11 is 12.2. The Morgan fingerprint density at radius 3 is 2.61 bits per heavy atom. The van der Waals surface area contributed by atoms with Crippen molar-refractivity contribution in [3.8, 4) is 0 Å². The molecule has 96 valence electrons. The molecule has 0 saturated heterocycles. The second-order valence-electron chi connectivity index (χ2n) is 4.20. The first-order chi connectivity index (χ1) is 8.65. The van der Waals surface area contributed by atoms with Gasteiger partial charge in [0.05, 0.1) is 22.3 Å². The minimum absolute atomic E-state index is 0.593. The molecule has 0 unspecified atom stereocenters. The van der Waals surface area contributed by atoms with E-state index >= 15 is 0 Å². The molecule has 1 aromatic heterocycles. The number of nitrogens with zero attached hydrogens (tertiary/aromatic N) is 2. The summed E-state index contributed by atoms with van der Waals surface area (Å²) in [7, 11) is 0. The molecule has 0 aliphatic heterocycles. The van der Waals surface area contributed by atoms with Gasteiger partial charge in [0.1, 0.15) is 0 Å². The van der Waals surface area contributed by atoms with E-state index in [1.807, 2.05) is 16.8 Å². The fraction of sp³-hybridized carbons (Fsp3) is 0.357. The SMILES string of the molecule is CCc1cc(CC)n(Cc2cccc(Cl)c2Cl)n1. The number of aromatic nitrogens is 2. The summed E-state index contributed by atoms with van der Waals surface area (Å²) in [5.74, 6) is 0. The molecule has 2 rings (SSSR count). The Balaban J connectivity index is 2.33. The minimum Gasteiger partial charge on any atom is -0.265 e. The van der Waals surface area contributed by atoms with Gasteiger partial charge in [-0.2, -0.15) is 5.10 Å². The van der Waals surface area contributed by atoms with Crippen LogP contribution in [0.3, 0.4) is 0 Å². The molecular formula is C14H16Cl2N2. The Morgan fingerprint density at radius 2 is 1.94 bits per heavy atom. The maximum Gasteiger partial charge on any atom is 0.0677 e. The summed E-state index contributed by atoms with van der Waals surface area (Å²) in [5.41, 5.74) is 3.34. The molecule has 0 atom stereocenters. The highest BCUT2D eigenvalue weighted by molar-refractivity contribution is 6.42. The van der Waals surface area contributed by atoms with Crippen LogP contribution in [0.5, 0.6) is 0 Å². The van der Waals surface area contributed by atoms with Crippen LogP contribution < -0.4 is 0 Å². The molecule has 18 heavy (non-hydrogen) atoms. The molecule has 0 bridgehead atoms. The van der Waals surface area contributed by atoms with E-state index in [0.29, 0.717) is 16.6 Å². The quantitative estimate of drug-likeness (QED) is 0.815. The predicted octanol–water partition coefficient (Wildman–Crippen LogP) is 4.36. The highest BCUT2D eigenvalue weighted by Crippen LogP contribution is 2.26. The van der Waals surface area contributed by atoms with Crippen molar-refractivity contribution in [2.24, 2.45) is 0 Å². The zero-order valence-corrected chi connectivity index (χ0v) is 12.1. The lowest BCUT2D eigenvalue weighted by molar-refractivity contribution is 0.640. The first-order valence-corrected chi connectivity index (χ1v) is 6.89. The minimum atomic E-state index is 0.593. The Morgan fingerprint density at radius 1 is 1.17 bits per heavy atom. The van der Waals surface area contributed by atoms with Crippen molar-refractivity contribution in [1.82, 2.24) is 9.78 Å². The van der Waals surface area contributed by atoms with Gasteiger partial charge >= 0.3 is 0 Å². The molecule has 1 aromatic carbocycles. The van der Waals surface area contributed by atoms with E-state index in [9.17, 15) is 0 Å². The molecule has 0 aliphatic rings. The average Bonchev–Trinajstić information content (AvgIpc) is 2.77. The molecule has 1 heterocycles. The van der Waals surface area contributed by atoms with Crippen LogP contribution in [0.1, 0.15) is 30.8 Å². The molecule has 4 heteroatoms. The zero-order valence-electron chi connectivity index (χ0n) is 10.6. The monoisotopic (exact) mass is 282 g/mol. The van der Waals surface area contributed by atoms with Crippen LogP contribution in [-0.4, -0.2) is 9.78 Å². The van der Waals surface area contributed by atoms with Gasteiger partial charge in [-0.25, -0.2) is 0 Å². The first kappa shape index (κ1) is 13.4. The third kappa shape index (κ3) is 2.70. The Labute approximate surface area is 118 Å². The van der Waals surface area contributed by atoms with E-state index in [0.717, 1.165) is 24.1 Å². The largest absolute Gasteiger partial charge is 0.265 e. The summed E-state index contributed by atoms with van der Waals surface area (Å²) in [5, 5.41) is 5.79. The lowest BCUT2D eigenvalue weighted by Crippen LogP contribution is -2.06. The fourth-order valence-corrected chi connectivity index (χ4v) is 2.32. The van der Waals surface area contributed by atoms with Gasteiger partial charge in [-0.3, -0.25) is 4.68 Å². The predicted molar refractivity (Wildman–Crippen MR) is 76.5 cm³/mol. The molecule has 0 amide bonds. The topological polar surface area (TPSA) is 17.8 Å². The van der Waals surface area contributed by atoms with Crippen LogP contribution in [0.15, 0.2) is 24.3 Å². The van der Waals surface area contributed by atoms with E-state index in [2.05, 4.69) is 25.0 Å². The number of hydrogen-bond donors (Lipinski definition) is 0. The van der Waals surface area contributed by atoms with Gasteiger partial charge in [-0.15, -0.1) is 0 Å². The zero-order chi connectivity index (χ0) is 13.1. The molecule has 2 nitrogen and oxygen atoms in total. The van der Waals surface area contributed by atoms with Gasteiger partial charge in [-0.05, 0) is 30.5 Å². The van der Waals surface area contributed by atoms with Crippen LogP contribution in [0.2, 0.25) is 10.0 Å². The van der Waals surface area contributed by atoms with Gasteiger partial charge in [-0.1, -0.05) is 49.2 Å². The summed E-state index contributed by atoms with van der Waals surface area (Å²) in [4.78, 5) is 0. The summed E-state index contributed by atoms with van der Waals surface area (Å²) in [6.07, 6.45) is 1.91. The van der Waals surface area contributed by atoms with E-state index in [4.69, 9.17) is 23.2 Å². The van der Waals surface area contributed by atoms with Crippen molar-refractivity contribution in [2.45, 2.75) is 33.2 Å². The Hall–Kier alpha value is -0.990. The van der Waals surface area contributed by atoms with Gasteiger partial charge in [0.25, 0.3) is 0 Å². The van der Waals surface area contributed by atoms with E-state index < -0.39 is 0 Å². The van der Waals surface area contributed by atoms with Crippen LogP contribution >= 0.6 is 23.2 Å². The first-order valence-electron chi connectivity index (χ1n) is 6.14. The number of halogens is 2. The molecule has 0 spiro atoms. The average molecular weight is 283 g/mol. The second kappa shape index (κ2) is 5.77. The van der Waals surface area contributed by atoms with Crippen LogP contribution in [-0.2, 0) is 19.4 Å². The van der Waals surface area contributed by atoms with E-state index in [1.165, 1.54) is 5.69 Å². The molecule has 2 aromatic rings. The van der Waals surface area contributed by atoms with Crippen molar-refractivity contribution in [1.29, 1.82) is 0 Å². The summed E-state index contributed by atoms with van der Waals surface area (Å²) in [6, 6.07) is 7.85. The molecule has 0 saturated carbocycles. The normalized spacial score (nSPS) is 10.9. The third-order valence-electron chi connectivity index (χ3n) is 2.99. The molecule has 0 fully saturated rings. The third-order valence-corrected chi connectivity index (χ3v) is 3.85. The Bertz CT molecular complexity index is 547. The van der Waals surface area contributed by atoms with Crippen LogP contribution in [0.4, 0.5) is 0 Å². The molecule has 0 radical (unpaired) electrons. The van der Waals surface area contributed by atoms with Crippen molar-refractivity contribution in [2.75, 3.05) is 0 Å². The van der Waals surface area contributed by atoms with Gasteiger partial charge < -0.3 is 0 Å². The smallest absolute Gasteiger partial charge is 0.0677 e. The molecule has 0 N–H and O–H groups in total.